The van der Waals surface area contributed by atoms with E-state index in [1.54, 1.807) is 0 Å². The van der Waals surface area contributed by atoms with Gasteiger partial charge in [-0.3, -0.25) is 0 Å². The second-order valence-electron chi connectivity index (χ2n) is 4.72. The van der Waals surface area contributed by atoms with E-state index in [2.05, 4.69) is 15.3 Å². The van der Waals surface area contributed by atoms with E-state index in [0.29, 0.717) is 17.5 Å². The highest BCUT2D eigenvalue weighted by atomic mass is 35.5. The van der Waals surface area contributed by atoms with Crippen molar-refractivity contribution in [3.63, 3.8) is 0 Å². The number of rotatable bonds is 2. The van der Waals surface area contributed by atoms with Gasteiger partial charge in [-0.25, -0.2) is 4.98 Å². The van der Waals surface area contributed by atoms with Gasteiger partial charge >= 0.3 is 0 Å². The van der Waals surface area contributed by atoms with Gasteiger partial charge in [0.1, 0.15) is 11.0 Å². The number of halogens is 1. The zero-order chi connectivity index (χ0) is 11.9. The molecule has 88 valence electrons. The average Bonchev–Trinajstić information content (AvgIpc) is 2.62. The van der Waals surface area contributed by atoms with E-state index < -0.39 is 0 Å². The second-order valence-corrected chi connectivity index (χ2v) is 5.07. The molecular formula is C10H15ClN4O. The van der Waals surface area contributed by atoms with Gasteiger partial charge in [-0.05, 0) is 5.41 Å². The van der Waals surface area contributed by atoms with Crippen molar-refractivity contribution in [1.82, 2.24) is 9.97 Å². The fourth-order valence-electron chi connectivity index (χ4n) is 1.98. The lowest BCUT2D eigenvalue weighted by molar-refractivity contribution is 0.136. The number of aliphatic hydroxyl groups is 1. The Kier molecular flexibility index (Phi) is 2.67. The quantitative estimate of drug-likeness (QED) is 0.680. The lowest BCUT2D eigenvalue weighted by Crippen LogP contribution is -2.27. The molecule has 1 aliphatic heterocycles. The number of nitrogens with one attached hydrogen (secondary N) is 1. The maximum Gasteiger partial charge on any atom is 0.223 e. The molecule has 0 bridgehead atoms. The zero-order valence-corrected chi connectivity index (χ0v) is 10.0. The normalized spacial score (nSPS) is 19.4. The number of aliphatic hydroxyl groups excluding tert-OH is 1. The Bertz CT molecular complexity index is 422. The van der Waals surface area contributed by atoms with Gasteiger partial charge in [-0.1, -0.05) is 25.4 Å². The maximum atomic E-state index is 9.39. The molecule has 16 heavy (non-hydrogen) atoms. The minimum absolute atomic E-state index is 0.0828. The van der Waals surface area contributed by atoms with Gasteiger partial charge in [-0.15, -0.1) is 0 Å². The Morgan fingerprint density at radius 2 is 2.25 bits per heavy atom. The third-order valence-electron chi connectivity index (χ3n) is 3.09. The number of fused-ring (bicyclic) bond motifs is 1. The smallest absolute Gasteiger partial charge is 0.223 e. The van der Waals surface area contributed by atoms with Crippen LogP contribution in [0.15, 0.2) is 0 Å². The van der Waals surface area contributed by atoms with Crippen LogP contribution in [-0.4, -0.2) is 28.2 Å². The highest BCUT2D eigenvalue weighted by molar-refractivity contribution is 6.30. The fourth-order valence-corrected chi connectivity index (χ4v) is 2.29. The lowest BCUT2D eigenvalue weighted by atomic mass is 9.77. The zero-order valence-electron chi connectivity index (χ0n) is 9.29. The third kappa shape index (κ3) is 1.70. The molecule has 0 spiro atoms. The van der Waals surface area contributed by atoms with Crippen molar-refractivity contribution in [1.29, 1.82) is 0 Å². The van der Waals surface area contributed by atoms with E-state index in [0.717, 1.165) is 5.56 Å². The monoisotopic (exact) mass is 242 g/mol. The Hall–Kier alpha value is -1.07. The Morgan fingerprint density at radius 3 is 2.88 bits per heavy atom. The average molecular weight is 243 g/mol. The number of hydrogen-bond acceptors (Lipinski definition) is 5. The molecule has 1 aromatic rings. The predicted molar refractivity (Wildman–Crippen MR) is 63.6 cm³/mol. The van der Waals surface area contributed by atoms with Crippen LogP contribution in [0.2, 0.25) is 5.15 Å². The van der Waals surface area contributed by atoms with Gasteiger partial charge in [-0.2, -0.15) is 4.98 Å². The van der Waals surface area contributed by atoms with Gasteiger partial charge in [0, 0.05) is 24.6 Å². The number of aromatic nitrogens is 2. The van der Waals surface area contributed by atoms with E-state index in [1.807, 2.05) is 13.8 Å². The summed E-state index contributed by atoms with van der Waals surface area (Å²) in [6, 6.07) is 0. The predicted octanol–water partition coefficient (Wildman–Crippen LogP) is 1.24. The van der Waals surface area contributed by atoms with Crippen LogP contribution in [0.25, 0.3) is 0 Å². The van der Waals surface area contributed by atoms with Crippen LogP contribution >= 0.6 is 11.6 Å². The van der Waals surface area contributed by atoms with Crippen molar-refractivity contribution in [2.75, 3.05) is 24.2 Å². The van der Waals surface area contributed by atoms with Crippen LogP contribution in [-0.2, 0) is 0 Å². The molecule has 6 heteroatoms. The molecule has 0 radical (unpaired) electrons. The molecule has 1 aliphatic rings. The largest absolute Gasteiger partial charge is 0.396 e. The molecule has 4 N–H and O–H groups in total. The highest BCUT2D eigenvalue weighted by Gasteiger charge is 2.38. The Labute approximate surface area is 99.0 Å². The van der Waals surface area contributed by atoms with Crippen molar-refractivity contribution in [2.45, 2.75) is 19.8 Å². The van der Waals surface area contributed by atoms with E-state index in [9.17, 15) is 5.11 Å². The van der Waals surface area contributed by atoms with E-state index in [4.69, 9.17) is 17.3 Å². The van der Waals surface area contributed by atoms with E-state index in [1.165, 1.54) is 0 Å². The first kappa shape index (κ1) is 11.4. The molecule has 5 nitrogen and oxygen atoms in total. The lowest BCUT2D eigenvalue weighted by Gasteiger charge is -2.29. The van der Waals surface area contributed by atoms with Gasteiger partial charge in [0.05, 0.1) is 0 Å². The molecular weight excluding hydrogens is 228 g/mol. The third-order valence-corrected chi connectivity index (χ3v) is 3.38. The first-order chi connectivity index (χ1) is 7.45. The van der Waals surface area contributed by atoms with Crippen LogP contribution in [0.3, 0.4) is 0 Å². The van der Waals surface area contributed by atoms with Crippen molar-refractivity contribution >= 4 is 23.4 Å². The molecule has 2 heterocycles. The van der Waals surface area contributed by atoms with Crippen LogP contribution in [0.1, 0.15) is 25.3 Å². The van der Waals surface area contributed by atoms with E-state index >= 15 is 0 Å². The second kappa shape index (κ2) is 3.75. The standard InChI is InChI=1S/C10H15ClN4O/c1-10(2,4-16)5-3-13-8-6(5)7(11)14-9(12)15-8/h5,16H,3-4H2,1-2H3,(H3,12,13,14,15). The van der Waals surface area contributed by atoms with Crippen LogP contribution < -0.4 is 11.1 Å². The Balaban J connectivity index is 2.47. The highest BCUT2D eigenvalue weighted by Crippen LogP contribution is 2.44. The van der Waals surface area contributed by atoms with Crippen molar-refractivity contribution < 1.29 is 5.11 Å². The molecule has 0 saturated carbocycles. The summed E-state index contributed by atoms with van der Waals surface area (Å²) in [5.74, 6) is 0.948. The Morgan fingerprint density at radius 1 is 1.56 bits per heavy atom. The number of nitrogen functional groups attached to an aromatic ring is 1. The topological polar surface area (TPSA) is 84.1 Å². The maximum absolute atomic E-state index is 9.39. The molecule has 1 unspecified atom stereocenters. The summed E-state index contributed by atoms with van der Waals surface area (Å²) in [6.07, 6.45) is 0. The van der Waals surface area contributed by atoms with Gasteiger partial charge in [0.25, 0.3) is 0 Å². The van der Waals surface area contributed by atoms with E-state index in [-0.39, 0.29) is 23.9 Å². The van der Waals surface area contributed by atoms with Crippen LogP contribution in [0.5, 0.6) is 0 Å². The van der Waals surface area contributed by atoms with Gasteiger partial charge in [0.15, 0.2) is 0 Å². The summed E-state index contributed by atoms with van der Waals surface area (Å²) in [5.41, 5.74) is 6.12. The number of hydrogen-bond donors (Lipinski definition) is 3. The fraction of sp³-hybridized carbons (Fsp3) is 0.600. The van der Waals surface area contributed by atoms with Gasteiger partial charge < -0.3 is 16.2 Å². The summed E-state index contributed by atoms with van der Waals surface area (Å²) in [4.78, 5) is 8.06. The number of nitrogens with two attached hydrogens (primary N) is 1. The molecule has 0 aromatic carbocycles. The van der Waals surface area contributed by atoms with Gasteiger partial charge in [0.2, 0.25) is 5.95 Å². The minimum Gasteiger partial charge on any atom is -0.396 e. The van der Waals surface area contributed by atoms with Crippen molar-refractivity contribution in [3.05, 3.63) is 10.7 Å². The summed E-state index contributed by atoms with van der Waals surface area (Å²) in [7, 11) is 0. The SMILES string of the molecule is CC(C)(CO)C1CNc2nc(N)nc(Cl)c21. The first-order valence-electron chi connectivity index (χ1n) is 5.13. The molecule has 1 atom stereocenters. The molecule has 0 fully saturated rings. The summed E-state index contributed by atoms with van der Waals surface area (Å²) < 4.78 is 0. The van der Waals surface area contributed by atoms with Crippen molar-refractivity contribution in [3.8, 4) is 0 Å². The molecule has 0 aliphatic carbocycles. The van der Waals surface area contributed by atoms with Crippen LogP contribution in [0.4, 0.5) is 11.8 Å². The summed E-state index contributed by atoms with van der Waals surface area (Å²) in [6.45, 7) is 4.75. The summed E-state index contributed by atoms with van der Waals surface area (Å²) in [5, 5.41) is 12.9. The molecule has 2 rings (SSSR count). The molecule has 0 amide bonds. The molecule has 0 saturated heterocycles. The number of anilines is 2. The molecule has 1 aromatic heterocycles. The minimum atomic E-state index is -0.263. The van der Waals surface area contributed by atoms with Crippen molar-refractivity contribution in [2.24, 2.45) is 5.41 Å². The summed E-state index contributed by atoms with van der Waals surface area (Å²) >= 11 is 6.08. The van der Waals surface area contributed by atoms with Crippen LogP contribution in [0, 0.1) is 5.41 Å². The first-order valence-corrected chi connectivity index (χ1v) is 5.51. The number of nitrogens with zero attached hydrogens (tertiary/aromatic N) is 2.